The summed E-state index contributed by atoms with van der Waals surface area (Å²) in [7, 11) is 0. The lowest BCUT2D eigenvalue weighted by molar-refractivity contribution is -0.140. The number of rotatable bonds is 7. The molecule has 1 unspecified atom stereocenters. The molecule has 5 heteroatoms. The molecule has 14 heavy (non-hydrogen) atoms. The molecule has 0 fully saturated rings. The van der Waals surface area contributed by atoms with Crippen molar-refractivity contribution in [3.63, 3.8) is 0 Å². The highest BCUT2D eigenvalue weighted by atomic mass is 16.4. The molecule has 0 bridgehead atoms. The predicted molar refractivity (Wildman–Crippen MR) is 55.5 cm³/mol. The molecule has 0 rings (SSSR count). The number of aliphatic carboxylic acids is 1. The molecule has 0 aliphatic heterocycles. The van der Waals surface area contributed by atoms with Crippen molar-refractivity contribution >= 4 is 5.97 Å². The number of hydrogen-bond acceptors (Lipinski definition) is 4. The summed E-state index contributed by atoms with van der Waals surface area (Å²) < 4.78 is 0. The summed E-state index contributed by atoms with van der Waals surface area (Å²) in [5.41, 5.74) is 11.3. The van der Waals surface area contributed by atoms with Crippen molar-refractivity contribution in [2.24, 2.45) is 11.5 Å². The highest BCUT2D eigenvalue weighted by Crippen LogP contribution is 2.04. The molecule has 5 nitrogen and oxygen atoms in total. The number of unbranched alkanes of at least 4 members (excludes halogenated alkanes) is 1. The van der Waals surface area contributed by atoms with Crippen LogP contribution in [-0.4, -0.2) is 22.9 Å². The van der Waals surface area contributed by atoms with Gasteiger partial charge in [-0.05, 0) is 12.8 Å². The molecule has 1 atom stereocenters. The summed E-state index contributed by atoms with van der Waals surface area (Å²) in [5.74, 6) is -1.98. The third kappa shape index (κ3) is 5.16. The maximum atomic E-state index is 10.8. The second-order valence-electron chi connectivity index (χ2n) is 3.57. The van der Waals surface area contributed by atoms with Crippen LogP contribution in [0.5, 0.6) is 0 Å². The van der Waals surface area contributed by atoms with E-state index < -0.39 is 17.8 Å². The first-order valence-electron chi connectivity index (χ1n) is 5.01. The Morgan fingerprint density at radius 3 is 2.43 bits per heavy atom. The van der Waals surface area contributed by atoms with E-state index >= 15 is 0 Å². The first-order valence-corrected chi connectivity index (χ1v) is 5.01. The maximum Gasteiger partial charge on any atom is 0.320 e. The fourth-order valence-corrected chi connectivity index (χ4v) is 1.09. The van der Waals surface area contributed by atoms with Crippen molar-refractivity contribution in [1.29, 1.82) is 0 Å². The minimum atomic E-state index is -1.09. The topological polar surface area (TPSA) is 101 Å². The summed E-state index contributed by atoms with van der Waals surface area (Å²) in [6, 6.07) is -0.648. The van der Waals surface area contributed by atoms with Crippen molar-refractivity contribution in [1.82, 2.24) is 5.32 Å². The van der Waals surface area contributed by atoms with Crippen molar-refractivity contribution in [3.8, 4) is 0 Å². The molecule has 0 saturated carbocycles. The lowest BCUT2D eigenvalue weighted by Crippen LogP contribution is -2.65. The lowest BCUT2D eigenvalue weighted by atomic mass is 10.1. The second kappa shape index (κ2) is 5.95. The van der Waals surface area contributed by atoms with Gasteiger partial charge in [-0.15, -0.1) is 0 Å². The normalized spacial score (nSPS) is 14.0. The molecule has 0 aromatic carbocycles. The molecule has 0 radical (unpaired) electrons. The number of hydrogen-bond donors (Lipinski definition) is 4. The molecule has 0 heterocycles. The Bertz CT molecular complexity index is 183. The average Bonchev–Trinajstić information content (AvgIpc) is 2.12. The van der Waals surface area contributed by atoms with Crippen LogP contribution in [0.3, 0.4) is 0 Å². The van der Waals surface area contributed by atoms with E-state index in [1.807, 2.05) is 13.8 Å². The van der Waals surface area contributed by atoms with Crippen LogP contribution in [-0.2, 0) is 4.79 Å². The van der Waals surface area contributed by atoms with E-state index in [0.29, 0.717) is 12.8 Å². The Balaban J connectivity index is 4.15. The standard InChI is InChI=1S/C9H21N3O2/c1-3-5-6-7(8(13)14)12-9(10,11)4-2/h7,12H,3-6,10-11H2,1-2H3,(H,13,14). The van der Waals surface area contributed by atoms with Gasteiger partial charge < -0.3 is 16.6 Å². The van der Waals surface area contributed by atoms with E-state index in [0.717, 1.165) is 12.8 Å². The minimum Gasteiger partial charge on any atom is -0.480 e. The largest absolute Gasteiger partial charge is 0.480 e. The number of carboxylic acid groups (broad SMARTS) is 1. The van der Waals surface area contributed by atoms with Crippen molar-refractivity contribution < 1.29 is 9.90 Å². The van der Waals surface area contributed by atoms with Gasteiger partial charge in [-0.1, -0.05) is 26.7 Å². The fourth-order valence-electron chi connectivity index (χ4n) is 1.09. The zero-order chi connectivity index (χ0) is 11.2. The van der Waals surface area contributed by atoms with E-state index in [4.69, 9.17) is 16.6 Å². The molecule has 0 aliphatic rings. The minimum absolute atomic E-state index is 0.489. The van der Waals surface area contributed by atoms with Crippen LogP contribution in [0.4, 0.5) is 0 Å². The van der Waals surface area contributed by atoms with Gasteiger partial charge in [0.05, 0.1) is 0 Å². The van der Waals surface area contributed by atoms with Gasteiger partial charge in [0.15, 0.2) is 0 Å². The third-order valence-corrected chi connectivity index (χ3v) is 2.17. The zero-order valence-corrected chi connectivity index (χ0v) is 8.92. The highest BCUT2D eigenvalue weighted by molar-refractivity contribution is 5.73. The quantitative estimate of drug-likeness (QED) is 0.443. The Morgan fingerprint density at radius 1 is 1.50 bits per heavy atom. The van der Waals surface area contributed by atoms with Gasteiger partial charge in [-0.25, -0.2) is 0 Å². The molecule has 84 valence electrons. The summed E-state index contributed by atoms with van der Waals surface area (Å²) in [6.07, 6.45) is 2.86. The van der Waals surface area contributed by atoms with Gasteiger partial charge in [0.1, 0.15) is 11.8 Å². The molecule has 0 saturated heterocycles. The predicted octanol–water partition coefficient (Wildman–Crippen LogP) is 0.201. The lowest BCUT2D eigenvalue weighted by Gasteiger charge is -2.28. The van der Waals surface area contributed by atoms with Gasteiger partial charge in [0.25, 0.3) is 0 Å². The van der Waals surface area contributed by atoms with Crippen LogP contribution in [0.1, 0.15) is 39.5 Å². The van der Waals surface area contributed by atoms with Crippen LogP contribution in [0.15, 0.2) is 0 Å². The fraction of sp³-hybridized carbons (Fsp3) is 0.889. The number of nitrogens with two attached hydrogens (primary N) is 2. The van der Waals surface area contributed by atoms with Crippen LogP contribution in [0, 0.1) is 0 Å². The van der Waals surface area contributed by atoms with Crippen LogP contribution in [0.25, 0.3) is 0 Å². The molecule has 0 spiro atoms. The maximum absolute atomic E-state index is 10.8. The SMILES string of the molecule is CCCCC(NC(N)(N)CC)C(=O)O. The van der Waals surface area contributed by atoms with E-state index in [-0.39, 0.29) is 0 Å². The van der Waals surface area contributed by atoms with Gasteiger partial charge in [-0.2, -0.15) is 0 Å². The first-order chi connectivity index (χ1) is 6.43. The summed E-state index contributed by atoms with van der Waals surface area (Å²) in [4.78, 5) is 10.8. The highest BCUT2D eigenvalue weighted by Gasteiger charge is 2.25. The summed E-state index contributed by atoms with van der Waals surface area (Å²) in [6.45, 7) is 3.82. The Labute approximate surface area is 84.8 Å². The van der Waals surface area contributed by atoms with Gasteiger partial charge in [-0.3, -0.25) is 10.1 Å². The molecular weight excluding hydrogens is 182 g/mol. The monoisotopic (exact) mass is 203 g/mol. The van der Waals surface area contributed by atoms with Gasteiger partial charge in [0.2, 0.25) is 0 Å². The van der Waals surface area contributed by atoms with Crippen molar-refractivity contribution in [2.45, 2.75) is 51.4 Å². The van der Waals surface area contributed by atoms with Crippen molar-refractivity contribution in [2.75, 3.05) is 0 Å². The molecule has 0 aromatic heterocycles. The molecular formula is C9H21N3O2. The average molecular weight is 203 g/mol. The van der Waals surface area contributed by atoms with E-state index in [1.165, 1.54) is 0 Å². The molecule has 0 amide bonds. The summed E-state index contributed by atoms with van der Waals surface area (Å²) in [5, 5.41) is 11.6. The molecule has 6 N–H and O–H groups in total. The van der Waals surface area contributed by atoms with Gasteiger partial charge in [0, 0.05) is 0 Å². The molecule has 0 aromatic rings. The zero-order valence-electron chi connectivity index (χ0n) is 8.92. The number of nitrogens with one attached hydrogen (secondary N) is 1. The van der Waals surface area contributed by atoms with E-state index in [9.17, 15) is 4.79 Å². The third-order valence-electron chi connectivity index (χ3n) is 2.17. The van der Waals surface area contributed by atoms with Gasteiger partial charge >= 0.3 is 5.97 Å². The van der Waals surface area contributed by atoms with Crippen molar-refractivity contribution in [3.05, 3.63) is 0 Å². The Hall–Kier alpha value is -0.650. The van der Waals surface area contributed by atoms with E-state index in [2.05, 4.69) is 5.32 Å². The van der Waals surface area contributed by atoms with Crippen LogP contribution >= 0.6 is 0 Å². The second-order valence-corrected chi connectivity index (χ2v) is 3.57. The number of carbonyl (C=O) groups is 1. The summed E-state index contributed by atoms with van der Waals surface area (Å²) >= 11 is 0. The van der Waals surface area contributed by atoms with Crippen LogP contribution in [0.2, 0.25) is 0 Å². The Morgan fingerprint density at radius 2 is 2.07 bits per heavy atom. The number of carboxylic acids is 1. The smallest absolute Gasteiger partial charge is 0.320 e. The Kier molecular flexibility index (Phi) is 5.68. The first kappa shape index (κ1) is 13.4. The van der Waals surface area contributed by atoms with E-state index in [1.54, 1.807) is 0 Å². The van der Waals surface area contributed by atoms with Crippen LogP contribution < -0.4 is 16.8 Å². The molecule has 0 aliphatic carbocycles.